The summed E-state index contributed by atoms with van der Waals surface area (Å²) in [6.45, 7) is 4.47. The van der Waals surface area contributed by atoms with Crippen LogP contribution < -0.4 is 0 Å². The van der Waals surface area contributed by atoms with Crippen LogP contribution in [-0.2, 0) is 16.6 Å². The second kappa shape index (κ2) is 9.45. The molecule has 0 N–H and O–H groups in total. The Balaban J connectivity index is 2.17. The number of rotatable bonds is 8. The number of Topliss-reactive ketones (excluding diaryl/α,β-unsaturated/α-hetero) is 1. The Hall–Kier alpha value is -1.97. The molecule has 0 aromatic heterocycles. The predicted octanol–water partition coefficient (Wildman–Crippen LogP) is 6.36. The molecule has 30 heavy (non-hydrogen) atoms. The first-order valence-electron chi connectivity index (χ1n) is 10.6. The maximum atomic E-state index is 14.3. The van der Waals surface area contributed by atoms with Gasteiger partial charge in [0.05, 0.1) is 5.41 Å². The van der Waals surface area contributed by atoms with E-state index in [2.05, 4.69) is 103 Å². The van der Waals surface area contributed by atoms with E-state index in [0.29, 0.717) is 6.42 Å². The largest absolute Gasteiger partial charge is 0.307 e. The number of ketones is 1. The summed E-state index contributed by atoms with van der Waals surface area (Å²) >= 11 is 3.56. The van der Waals surface area contributed by atoms with E-state index in [4.69, 9.17) is 0 Å². The van der Waals surface area contributed by atoms with E-state index >= 15 is 0 Å². The number of allylic oxidation sites excluding steroid dienone is 4. The summed E-state index contributed by atoms with van der Waals surface area (Å²) in [5, 5.41) is 0. The first kappa shape index (κ1) is 22.7. The Labute approximate surface area is 189 Å². The fourth-order valence-electron chi connectivity index (χ4n) is 4.65. The van der Waals surface area contributed by atoms with E-state index in [-0.39, 0.29) is 17.2 Å². The number of hydrogen-bond donors (Lipinski definition) is 0. The lowest BCUT2D eigenvalue weighted by Gasteiger charge is -2.49. The van der Waals surface area contributed by atoms with Crippen LogP contribution in [0.4, 0.5) is 0 Å². The van der Waals surface area contributed by atoms with E-state index in [1.54, 1.807) is 0 Å². The van der Waals surface area contributed by atoms with Gasteiger partial charge >= 0.3 is 0 Å². The van der Waals surface area contributed by atoms with Crippen molar-refractivity contribution in [3.63, 3.8) is 0 Å². The molecule has 0 spiro atoms. The van der Waals surface area contributed by atoms with Crippen LogP contribution in [0.3, 0.4) is 0 Å². The highest BCUT2D eigenvalue weighted by Gasteiger charge is 2.53. The molecule has 2 aromatic carbocycles. The van der Waals surface area contributed by atoms with Gasteiger partial charge in [-0.25, -0.2) is 0 Å². The van der Waals surface area contributed by atoms with Gasteiger partial charge in [-0.1, -0.05) is 89.6 Å². The van der Waals surface area contributed by atoms with Crippen LogP contribution in [0.15, 0.2) is 83.4 Å². The summed E-state index contributed by atoms with van der Waals surface area (Å²) in [7, 11) is 4.19. The van der Waals surface area contributed by atoms with Crippen LogP contribution in [0.5, 0.6) is 0 Å². The van der Waals surface area contributed by atoms with Crippen LogP contribution >= 0.6 is 15.9 Å². The second-order valence-corrected chi connectivity index (χ2v) is 9.84. The van der Waals surface area contributed by atoms with Gasteiger partial charge in [0.1, 0.15) is 5.78 Å². The second-order valence-electron chi connectivity index (χ2n) is 8.93. The van der Waals surface area contributed by atoms with Crippen molar-refractivity contribution in [2.45, 2.75) is 44.6 Å². The van der Waals surface area contributed by atoms with Crippen LogP contribution in [0.1, 0.15) is 37.8 Å². The van der Waals surface area contributed by atoms with Crippen LogP contribution in [0.25, 0.3) is 0 Å². The van der Waals surface area contributed by atoms with Crippen molar-refractivity contribution < 1.29 is 4.79 Å². The normalized spacial score (nSPS) is 21.4. The number of benzene rings is 2. The molecule has 0 aliphatic heterocycles. The minimum Gasteiger partial charge on any atom is -0.307 e. The molecular weight excluding hydrogens is 434 g/mol. The van der Waals surface area contributed by atoms with Gasteiger partial charge in [0.25, 0.3) is 0 Å². The molecule has 0 bridgehead atoms. The molecule has 0 saturated heterocycles. The third kappa shape index (κ3) is 4.53. The van der Waals surface area contributed by atoms with Gasteiger partial charge in [0.15, 0.2) is 0 Å². The first-order valence-corrected chi connectivity index (χ1v) is 11.4. The topological polar surface area (TPSA) is 20.3 Å². The third-order valence-electron chi connectivity index (χ3n) is 6.71. The van der Waals surface area contributed by atoms with E-state index < -0.39 is 5.41 Å². The van der Waals surface area contributed by atoms with Crippen LogP contribution in [0, 0.1) is 5.41 Å². The van der Waals surface area contributed by atoms with Crippen molar-refractivity contribution in [3.05, 3.63) is 94.5 Å². The average Bonchev–Trinajstić information content (AvgIpc) is 2.72. The Kier molecular flexibility index (Phi) is 7.15. The number of hydrogen-bond acceptors (Lipinski definition) is 2. The van der Waals surface area contributed by atoms with Gasteiger partial charge in [-0.15, -0.1) is 0 Å². The highest BCUT2D eigenvalue weighted by Crippen LogP contribution is 2.51. The Bertz CT molecular complexity index is 933. The molecule has 3 rings (SSSR count). The molecule has 2 aromatic rings. The summed E-state index contributed by atoms with van der Waals surface area (Å²) < 4.78 is 1.01. The maximum Gasteiger partial charge on any atom is 0.148 e. The minimum atomic E-state index is -0.623. The summed E-state index contributed by atoms with van der Waals surface area (Å²) in [5.41, 5.74) is 1.24. The van der Waals surface area contributed by atoms with Crippen LogP contribution in [-0.4, -0.2) is 30.8 Å². The van der Waals surface area contributed by atoms with Crippen molar-refractivity contribution in [2.75, 3.05) is 14.1 Å². The van der Waals surface area contributed by atoms with E-state index in [1.807, 2.05) is 24.3 Å². The average molecular weight is 466 g/mol. The van der Waals surface area contributed by atoms with Crippen molar-refractivity contribution >= 4 is 21.7 Å². The van der Waals surface area contributed by atoms with Gasteiger partial charge in [0.2, 0.25) is 0 Å². The van der Waals surface area contributed by atoms with Gasteiger partial charge in [0, 0.05) is 22.4 Å². The van der Waals surface area contributed by atoms with E-state index in [9.17, 15) is 4.79 Å². The molecule has 1 aliphatic rings. The molecule has 0 saturated carbocycles. The Morgan fingerprint density at radius 3 is 2.47 bits per heavy atom. The van der Waals surface area contributed by atoms with E-state index in [0.717, 1.165) is 28.4 Å². The summed E-state index contributed by atoms with van der Waals surface area (Å²) in [6, 6.07) is 18.8. The van der Waals surface area contributed by atoms with Gasteiger partial charge in [-0.2, -0.15) is 0 Å². The van der Waals surface area contributed by atoms with Crippen molar-refractivity contribution in [1.29, 1.82) is 0 Å². The molecule has 3 atom stereocenters. The Morgan fingerprint density at radius 1 is 1.13 bits per heavy atom. The summed E-state index contributed by atoms with van der Waals surface area (Å²) in [5.74, 6) is 0.281. The molecule has 0 amide bonds. The van der Waals surface area contributed by atoms with Gasteiger partial charge in [-0.05, 0) is 57.1 Å². The zero-order chi connectivity index (χ0) is 21.8. The maximum absolute atomic E-state index is 14.3. The molecule has 0 fully saturated rings. The van der Waals surface area contributed by atoms with Crippen molar-refractivity contribution in [1.82, 2.24) is 4.90 Å². The smallest absolute Gasteiger partial charge is 0.148 e. The van der Waals surface area contributed by atoms with Gasteiger partial charge < -0.3 is 4.90 Å². The molecule has 0 heterocycles. The zero-order valence-corrected chi connectivity index (χ0v) is 20.0. The van der Waals surface area contributed by atoms with Gasteiger partial charge in [-0.3, -0.25) is 4.79 Å². The highest BCUT2D eigenvalue weighted by molar-refractivity contribution is 9.10. The lowest BCUT2D eigenvalue weighted by Crippen LogP contribution is -2.53. The fraction of sp³-hybridized carbons (Fsp3) is 0.370. The number of halogens is 1. The SMILES string of the molecule is C[C@@H](CC(C(=O)Cc1cccc(Br)c1)(c1ccccc1)[C@]1(C)C=CC=CC1)N(C)C. The van der Waals surface area contributed by atoms with Crippen LogP contribution in [0.2, 0.25) is 0 Å². The lowest BCUT2D eigenvalue weighted by atomic mass is 9.53. The molecular formula is C27H32BrNO. The summed E-state index contributed by atoms with van der Waals surface area (Å²) in [6.07, 6.45) is 10.7. The first-order chi connectivity index (χ1) is 14.3. The number of carbonyl (C=O) groups is 1. The lowest BCUT2D eigenvalue weighted by molar-refractivity contribution is -0.128. The zero-order valence-electron chi connectivity index (χ0n) is 18.4. The summed E-state index contributed by atoms with van der Waals surface area (Å²) in [4.78, 5) is 16.5. The number of nitrogens with zero attached hydrogens (tertiary/aromatic N) is 1. The monoisotopic (exact) mass is 465 g/mol. The van der Waals surface area contributed by atoms with E-state index in [1.165, 1.54) is 0 Å². The number of carbonyl (C=O) groups excluding carboxylic acids is 1. The quantitative estimate of drug-likeness (QED) is 0.451. The molecule has 3 heteroatoms. The minimum absolute atomic E-state index is 0.257. The molecule has 2 nitrogen and oxygen atoms in total. The van der Waals surface area contributed by atoms with Crippen molar-refractivity contribution in [2.24, 2.45) is 5.41 Å². The molecule has 1 aliphatic carbocycles. The molecule has 158 valence electrons. The highest BCUT2D eigenvalue weighted by atomic mass is 79.9. The molecule has 1 unspecified atom stereocenters. The fourth-order valence-corrected chi connectivity index (χ4v) is 5.10. The van der Waals surface area contributed by atoms with Crippen molar-refractivity contribution in [3.8, 4) is 0 Å². The third-order valence-corrected chi connectivity index (χ3v) is 7.20. The Morgan fingerprint density at radius 2 is 1.87 bits per heavy atom. The predicted molar refractivity (Wildman–Crippen MR) is 130 cm³/mol. The standard InChI is InChI=1S/C27H32BrNO/c1-21(29(3)4)20-27(23-13-7-5-8-14-23,26(2)16-9-6-10-17-26)25(30)19-22-12-11-15-24(28)18-22/h5-16,18,21H,17,19-20H2,1-4H3/t21-,26+,27?/m0/s1. The molecule has 0 radical (unpaired) electrons.